The number of nitro benzene ring substituents is 1. The first-order valence-electron chi connectivity index (χ1n) is 5.37. The lowest BCUT2D eigenvalue weighted by Gasteiger charge is -2.04. The predicted molar refractivity (Wildman–Crippen MR) is 60.9 cm³/mol. The molecule has 0 aromatic heterocycles. The Balaban J connectivity index is 2.04. The van der Waals surface area contributed by atoms with Gasteiger partial charge in [0, 0.05) is 17.8 Å². The van der Waals surface area contributed by atoms with E-state index in [-0.39, 0.29) is 12.1 Å². The SMILES string of the molecule is O=C(O)[C@H]1C[C@H]1C(=O)Nc1ccc([N+](=O)[O-])c(F)c1. The minimum atomic E-state index is -1.06. The second-order valence-electron chi connectivity index (χ2n) is 4.20. The highest BCUT2D eigenvalue weighted by Gasteiger charge is 2.48. The van der Waals surface area contributed by atoms with Gasteiger partial charge in [-0.1, -0.05) is 0 Å². The molecule has 0 saturated heterocycles. The molecule has 2 atom stereocenters. The first kappa shape index (κ1) is 12.9. The zero-order valence-corrected chi connectivity index (χ0v) is 9.50. The average molecular weight is 268 g/mol. The number of anilines is 1. The number of carbonyl (C=O) groups is 2. The molecule has 0 aliphatic heterocycles. The van der Waals surface area contributed by atoms with Crippen molar-refractivity contribution in [1.29, 1.82) is 0 Å². The smallest absolute Gasteiger partial charge is 0.307 e. The van der Waals surface area contributed by atoms with E-state index in [0.29, 0.717) is 0 Å². The number of carboxylic acids is 1. The molecule has 0 bridgehead atoms. The van der Waals surface area contributed by atoms with E-state index in [1.807, 2.05) is 0 Å². The number of halogens is 1. The van der Waals surface area contributed by atoms with E-state index in [4.69, 9.17) is 5.11 Å². The first-order chi connectivity index (χ1) is 8.90. The van der Waals surface area contributed by atoms with Crippen molar-refractivity contribution in [2.75, 3.05) is 5.32 Å². The van der Waals surface area contributed by atoms with Crippen molar-refractivity contribution >= 4 is 23.3 Å². The van der Waals surface area contributed by atoms with Crippen molar-refractivity contribution in [2.45, 2.75) is 6.42 Å². The number of aliphatic carboxylic acids is 1. The predicted octanol–water partition coefficient (Wildman–Crippen LogP) is 1.39. The van der Waals surface area contributed by atoms with Crippen LogP contribution >= 0.6 is 0 Å². The molecular formula is C11H9FN2O5. The maximum absolute atomic E-state index is 13.3. The minimum Gasteiger partial charge on any atom is -0.481 e. The molecule has 19 heavy (non-hydrogen) atoms. The number of hydrogen-bond donors (Lipinski definition) is 2. The molecule has 1 aromatic rings. The standard InChI is InChI=1S/C11H9FN2O5/c12-8-3-5(1-2-9(8)14(18)19)13-10(15)6-4-7(6)11(16)17/h1-3,6-7H,4H2,(H,13,15)(H,16,17)/t6-,7+/m1/s1. The molecule has 0 spiro atoms. The van der Waals surface area contributed by atoms with Gasteiger partial charge < -0.3 is 10.4 Å². The second-order valence-corrected chi connectivity index (χ2v) is 4.20. The summed E-state index contributed by atoms with van der Waals surface area (Å²) in [6.07, 6.45) is 0.247. The normalized spacial score (nSPS) is 20.7. The van der Waals surface area contributed by atoms with E-state index in [1.54, 1.807) is 0 Å². The van der Waals surface area contributed by atoms with Gasteiger partial charge in [-0.05, 0) is 12.5 Å². The van der Waals surface area contributed by atoms with Crippen LogP contribution in [-0.4, -0.2) is 21.9 Å². The maximum atomic E-state index is 13.3. The van der Waals surface area contributed by atoms with Gasteiger partial charge in [0.2, 0.25) is 11.7 Å². The van der Waals surface area contributed by atoms with Crippen LogP contribution in [0.3, 0.4) is 0 Å². The summed E-state index contributed by atoms with van der Waals surface area (Å²) in [5.41, 5.74) is -0.628. The Hall–Kier alpha value is -2.51. The van der Waals surface area contributed by atoms with Crippen LogP contribution in [0.25, 0.3) is 0 Å². The molecule has 1 fully saturated rings. The van der Waals surface area contributed by atoms with Crippen molar-refractivity contribution in [2.24, 2.45) is 11.8 Å². The summed E-state index contributed by atoms with van der Waals surface area (Å²) in [6, 6.07) is 2.96. The summed E-state index contributed by atoms with van der Waals surface area (Å²) in [7, 11) is 0. The zero-order valence-electron chi connectivity index (χ0n) is 9.50. The van der Waals surface area contributed by atoms with Gasteiger partial charge >= 0.3 is 11.7 Å². The Morgan fingerprint density at radius 2 is 2.11 bits per heavy atom. The largest absolute Gasteiger partial charge is 0.481 e. The molecule has 1 amide bonds. The van der Waals surface area contributed by atoms with Gasteiger partial charge in [0.1, 0.15) is 0 Å². The molecule has 100 valence electrons. The molecule has 1 saturated carbocycles. The topological polar surface area (TPSA) is 110 Å². The van der Waals surface area contributed by atoms with E-state index in [0.717, 1.165) is 12.1 Å². The van der Waals surface area contributed by atoms with E-state index < -0.39 is 40.1 Å². The fourth-order valence-corrected chi connectivity index (χ4v) is 1.73. The van der Waals surface area contributed by atoms with Crippen LogP contribution in [0.4, 0.5) is 15.8 Å². The third-order valence-corrected chi connectivity index (χ3v) is 2.86. The number of benzene rings is 1. The van der Waals surface area contributed by atoms with Gasteiger partial charge in [0.05, 0.1) is 16.8 Å². The number of amides is 1. The second kappa shape index (κ2) is 4.63. The van der Waals surface area contributed by atoms with Crippen LogP contribution in [0.15, 0.2) is 18.2 Å². The molecule has 2 rings (SSSR count). The van der Waals surface area contributed by atoms with E-state index in [2.05, 4.69) is 5.32 Å². The number of carboxylic acid groups (broad SMARTS) is 1. The van der Waals surface area contributed by atoms with Crippen LogP contribution in [0.2, 0.25) is 0 Å². The molecule has 7 nitrogen and oxygen atoms in total. The number of rotatable bonds is 4. The lowest BCUT2D eigenvalue weighted by atomic mass is 10.2. The Morgan fingerprint density at radius 3 is 2.58 bits per heavy atom. The summed E-state index contributed by atoms with van der Waals surface area (Å²) in [5, 5.41) is 21.4. The Bertz CT molecular complexity index is 574. The molecule has 1 aliphatic rings. The van der Waals surface area contributed by atoms with Crippen LogP contribution in [0.5, 0.6) is 0 Å². The molecule has 0 heterocycles. The lowest BCUT2D eigenvalue weighted by Crippen LogP contribution is -2.16. The third-order valence-electron chi connectivity index (χ3n) is 2.86. The number of nitrogens with one attached hydrogen (secondary N) is 1. The lowest BCUT2D eigenvalue weighted by molar-refractivity contribution is -0.387. The molecule has 0 radical (unpaired) electrons. The highest BCUT2D eigenvalue weighted by Crippen LogP contribution is 2.39. The molecule has 8 heteroatoms. The van der Waals surface area contributed by atoms with Gasteiger partial charge in [0.25, 0.3) is 0 Å². The number of carbonyl (C=O) groups excluding carboxylic acids is 1. The summed E-state index contributed by atoms with van der Waals surface area (Å²) in [5.74, 6) is -3.97. The fraction of sp³-hybridized carbons (Fsp3) is 0.273. The van der Waals surface area contributed by atoms with Gasteiger partial charge in [-0.25, -0.2) is 0 Å². The Morgan fingerprint density at radius 1 is 1.42 bits per heavy atom. The number of nitro groups is 1. The van der Waals surface area contributed by atoms with E-state index in [9.17, 15) is 24.1 Å². The Kier molecular flexibility index (Phi) is 3.16. The molecule has 2 N–H and O–H groups in total. The maximum Gasteiger partial charge on any atom is 0.307 e. The summed E-state index contributed by atoms with van der Waals surface area (Å²) in [6.45, 7) is 0. The minimum absolute atomic E-state index is 0.0594. The number of hydrogen-bond acceptors (Lipinski definition) is 4. The molecule has 1 aromatic carbocycles. The van der Waals surface area contributed by atoms with Gasteiger partial charge in [-0.2, -0.15) is 4.39 Å². The van der Waals surface area contributed by atoms with Crippen LogP contribution < -0.4 is 5.32 Å². The van der Waals surface area contributed by atoms with Crippen molar-refractivity contribution in [3.8, 4) is 0 Å². The first-order valence-corrected chi connectivity index (χ1v) is 5.37. The fourth-order valence-electron chi connectivity index (χ4n) is 1.73. The number of nitrogens with zero attached hydrogens (tertiary/aromatic N) is 1. The quantitative estimate of drug-likeness (QED) is 0.633. The van der Waals surface area contributed by atoms with Crippen molar-refractivity contribution in [3.63, 3.8) is 0 Å². The highest BCUT2D eigenvalue weighted by molar-refractivity contribution is 5.98. The average Bonchev–Trinajstić information content (AvgIpc) is 3.08. The van der Waals surface area contributed by atoms with Crippen molar-refractivity contribution in [1.82, 2.24) is 0 Å². The molecular weight excluding hydrogens is 259 g/mol. The van der Waals surface area contributed by atoms with Gasteiger partial charge in [-0.15, -0.1) is 0 Å². The van der Waals surface area contributed by atoms with Crippen LogP contribution in [0, 0.1) is 27.8 Å². The van der Waals surface area contributed by atoms with Gasteiger partial charge in [-0.3, -0.25) is 19.7 Å². The third kappa shape index (κ3) is 2.67. The molecule has 0 unspecified atom stereocenters. The summed E-state index contributed by atoms with van der Waals surface area (Å²) < 4.78 is 13.3. The highest BCUT2D eigenvalue weighted by atomic mass is 19.1. The monoisotopic (exact) mass is 268 g/mol. The van der Waals surface area contributed by atoms with Crippen molar-refractivity contribution < 1.29 is 24.0 Å². The summed E-state index contributed by atoms with van der Waals surface area (Å²) >= 11 is 0. The van der Waals surface area contributed by atoms with Crippen LogP contribution in [-0.2, 0) is 9.59 Å². The molecule has 1 aliphatic carbocycles. The van der Waals surface area contributed by atoms with Crippen LogP contribution in [0.1, 0.15) is 6.42 Å². The Labute approximate surface area is 106 Å². The van der Waals surface area contributed by atoms with E-state index >= 15 is 0 Å². The van der Waals surface area contributed by atoms with Gasteiger partial charge in [0.15, 0.2) is 0 Å². The zero-order chi connectivity index (χ0) is 14.2. The summed E-state index contributed by atoms with van der Waals surface area (Å²) in [4.78, 5) is 31.7. The van der Waals surface area contributed by atoms with E-state index in [1.165, 1.54) is 6.07 Å². The van der Waals surface area contributed by atoms with Crippen molar-refractivity contribution in [3.05, 3.63) is 34.1 Å².